The van der Waals surface area contributed by atoms with Gasteiger partial charge in [0.05, 0.1) is 5.94 Å². The van der Waals surface area contributed by atoms with Gasteiger partial charge in [-0.2, -0.15) is 0 Å². The number of nitrogens with one attached hydrogen (secondary N) is 1. The number of halogens is 1. The first-order valence-corrected chi connectivity index (χ1v) is 4.87. The van der Waals surface area contributed by atoms with E-state index in [0.717, 1.165) is 15.7 Å². The molecule has 1 aromatic rings. The molecule has 0 saturated carbocycles. The Kier molecular flexibility index (Phi) is 2.32. The topological polar surface area (TPSA) is 52.5 Å². The van der Waals surface area contributed by atoms with E-state index in [-0.39, 0.29) is 5.94 Å². The monoisotopic (exact) mass is 241 g/mol. The van der Waals surface area contributed by atoms with E-state index in [2.05, 4.69) is 21.2 Å². The highest BCUT2D eigenvalue weighted by molar-refractivity contribution is 9.10. The predicted octanol–water partition coefficient (Wildman–Crippen LogP) is 0.798. The Morgan fingerprint density at radius 3 is 2.92 bits per heavy atom. The lowest BCUT2D eigenvalue weighted by molar-refractivity contribution is 0.393. The predicted molar refractivity (Wildman–Crippen MR) is 55.4 cm³/mol. The second-order valence-electron chi connectivity index (χ2n) is 3.17. The van der Waals surface area contributed by atoms with Gasteiger partial charge in [-0.15, -0.1) is 0 Å². The number of anilines is 1. The summed E-state index contributed by atoms with van der Waals surface area (Å²) in [5.41, 5.74) is 2.11. The van der Waals surface area contributed by atoms with Crippen LogP contribution in [0.25, 0.3) is 0 Å². The molecule has 1 unspecified atom stereocenters. The molecule has 68 valence electrons. The van der Waals surface area contributed by atoms with E-state index in [1.165, 1.54) is 0 Å². The molecule has 1 aliphatic rings. The van der Waals surface area contributed by atoms with E-state index in [9.17, 15) is 0 Å². The van der Waals surface area contributed by atoms with Crippen molar-refractivity contribution >= 4 is 28.7 Å². The number of rotatable bonds is 1. The summed E-state index contributed by atoms with van der Waals surface area (Å²) in [5, 5.41) is 21.0. The van der Waals surface area contributed by atoms with Crippen LogP contribution in [0.1, 0.15) is 5.56 Å². The van der Waals surface area contributed by atoms with Crippen LogP contribution in [-0.2, 0) is 6.42 Å². The van der Waals surface area contributed by atoms with Crippen molar-refractivity contribution in [3.8, 4) is 0 Å². The third kappa shape index (κ3) is 1.72. The van der Waals surface area contributed by atoms with Gasteiger partial charge >= 0.3 is 7.12 Å². The van der Waals surface area contributed by atoms with Gasteiger partial charge in [0.25, 0.3) is 0 Å². The molecule has 1 aromatic carbocycles. The maximum atomic E-state index is 8.97. The lowest BCUT2D eigenvalue weighted by Gasteiger charge is -2.08. The highest BCUT2D eigenvalue weighted by Gasteiger charge is 2.29. The maximum absolute atomic E-state index is 8.97. The van der Waals surface area contributed by atoms with Gasteiger partial charge < -0.3 is 15.4 Å². The van der Waals surface area contributed by atoms with Crippen LogP contribution in [0.4, 0.5) is 5.69 Å². The maximum Gasteiger partial charge on any atom is 0.475 e. The van der Waals surface area contributed by atoms with Crippen LogP contribution in [0.3, 0.4) is 0 Å². The van der Waals surface area contributed by atoms with Crippen LogP contribution in [-0.4, -0.2) is 23.1 Å². The molecule has 0 aliphatic carbocycles. The Bertz CT molecular complexity index is 332. The normalized spacial score (nSPS) is 19.5. The molecule has 0 aromatic heterocycles. The van der Waals surface area contributed by atoms with E-state index in [1.54, 1.807) is 0 Å². The SMILES string of the molecule is OB(O)C1Cc2ccc(Br)cc2N1. The molecule has 1 aliphatic heterocycles. The molecule has 3 nitrogen and oxygen atoms in total. The fraction of sp³-hybridized carbons (Fsp3) is 0.250. The molecule has 0 amide bonds. The van der Waals surface area contributed by atoms with Gasteiger partial charge in [0.2, 0.25) is 0 Å². The van der Waals surface area contributed by atoms with Crippen LogP contribution in [0.2, 0.25) is 0 Å². The van der Waals surface area contributed by atoms with Gasteiger partial charge in [-0.3, -0.25) is 0 Å². The summed E-state index contributed by atoms with van der Waals surface area (Å²) in [6.45, 7) is 0. The molecule has 0 fully saturated rings. The number of fused-ring (bicyclic) bond motifs is 1. The second kappa shape index (κ2) is 3.33. The molecule has 13 heavy (non-hydrogen) atoms. The van der Waals surface area contributed by atoms with Gasteiger partial charge in [-0.1, -0.05) is 22.0 Å². The fourth-order valence-electron chi connectivity index (χ4n) is 1.53. The number of benzene rings is 1. The van der Waals surface area contributed by atoms with Gasteiger partial charge in [-0.25, -0.2) is 0 Å². The Labute approximate surface area is 85.1 Å². The Balaban J connectivity index is 2.25. The zero-order valence-electron chi connectivity index (χ0n) is 6.87. The average Bonchev–Trinajstić information content (AvgIpc) is 2.46. The fourth-order valence-corrected chi connectivity index (χ4v) is 1.89. The van der Waals surface area contributed by atoms with E-state index < -0.39 is 7.12 Å². The Morgan fingerprint density at radius 2 is 2.23 bits per heavy atom. The zero-order chi connectivity index (χ0) is 9.42. The van der Waals surface area contributed by atoms with Gasteiger partial charge in [0.15, 0.2) is 0 Å². The minimum atomic E-state index is -1.30. The minimum absolute atomic E-state index is 0.274. The van der Waals surface area contributed by atoms with E-state index in [0.29, 0.717) is 6.42 Å². The van der Waals surface area contributed by atoms with Crippen LogP contribution in [0, 0.1) is 0 Å². The quantitative estimate of drug-likeness (QED) is 0.638. The van der Waals surface area contributed by atoms with Crippen molar-refractivity contribution in [2.24, 2.45) is 0 Å². The third-order valence-electron chi connectivity index (χ3n) is 2.21. The first-order chi connectivity index (χ1) is 6.16. The first-order valence-electron chi connectivity index (χ1n) is 4.08. The minimum Gasteiger partial charge on any atom is -0.426 e. The molecule has 5 heteroatoms. The van der Waals surface area contributed by atoms with Crippen LogP contribution in [0.15, 0.2) is 22.7 Å². The van der Waals surface area contributed by atoms with E-state index >= 15 is 0 Å². The van der Waals surface area contributed by atoms with Crippen LogP contribution in [0.5, 0.6) is 0 Å². The smallest absolute Gasteiger partial charge is 0.426 e. The summed E-state index contributed by atoms with van der Waals surface area (Å²) in [5.74, 6) is -0.274. The highest BCUT2D eigenvalue weighted by atomic mass is 79.9. The van der Waals surface area contributed by atoms with Gasteiger partial charge in [0.1, 0.15) is 0 Å². The molecule has 0 bridgehead atoms. The van der Waals surface area contributed by atoms with Gasteiger partial charge in [-0.05, 0) is 24.1 Å². The molecule has 1 atom stereocenters. The van der Waals surface area contributed by atoms with E-state index in [1.807, 2.05) is 18.2 Å². The van der Waals surface area contributed by atoms with E-state index in [4.69, 9.17) is 10.0 Å². The van der Waals surface area contributed by atoms with Crippen molar-refractivity contribution in [3.05, 3.63) is 28.2 Å². The van der Waals surface area contributed by atoms with Crippen molar-refractivity contribution in [2.45, 2.75) is 12.4 Å². The molecule has 0 spiro atoms. The first kappa shape index (κ1) is 9.06. The number of hydrogen-bond acceptors (Lipinski definition) is 3. The summed E-state index contributed by atoms with van der Waals surface area (Å²) in [6.07, 6.45) is 0.667. The molecule has 3 N–H and O–H groups in total. The standard InChI is InChI=1S/C8H9BBrNO2/c10-6-2-1-5-3-8(9(12)13)11-7(5)4-6/h1-2,4,8,11-13H,3H2. The summed E-state index contributed by atoms with van der Waals surface area (Å²) in [4.78, 5) is 0. The van der Waals surface area contributed by atoms with Crippen molar-refractivity contribution in [3.63, 3.8) is 0 Å². The van der Waals surface area contributed by atoms with Gasteiger partial charge in [0, 0.05) is 10.2 Å². The average molecular weight is 242 g/mol. The molecule has 0 radical (unpaired) electrons. The summed E-state index contributed by atoms with van der Waals surface area (Å²) >= 11 is 3.36. The summed E-state index contributed by atoms with van der Waals surface area (Å²) in [7, 11) is -1.30. The Morgan fingerprint density at radius 1 is 1.46 bits per heavy atom. The third-order valence-corrected chi connectivity index (χ3v) is 2.71. The lowest BCUT2D eigenvalue weighted by Crippen LogP contribution is -2.35. The zero-order valence-corrected chi connectivity index (χ0v) is 8.45. The Hall–Kier alpha value is -0.515. The molecule has 0 saturated heterocycles. The molecular weight excluding hydrogens is 233 g/mol. The summed E-state index contributed by atoms with van der Waals surface area (Å²) < 4.78 is 0.992. The van der Waals surface area contributed by atoms with Crippen molar-refractivity contribution in [1.29, 1.82) is 0 Å². The molecule has 1 heterocycles. The van der Waals surface area contributed by atoms with Crippen molar-refractivity contribution < 1.29 is 10.0 Å². The van der Waals surface area contributed by atoms with Crippen molar-refractivity contribution in [2.75, 3.05) is 5.32 Å². The van der Waals surface area contributed by atoms with Crippen LogP contribution < -0.4 is 5.32 Å². The highest BCUT2D eigenvalue weighted by Crippen LogP contribution is 2.28. The molecular formula is C8H9BBrNO2. The number of hydrogen-bond donors (Lipinski definition) is 3. The van der Waals surface area contributed by atoms with Crippen LogP contribution >= 0.6 is 15.9 Å². The summed E-state index contributed by atoms with van der Waals surface area (Å²) in [6, 6.07) is 5.87. The largest absolute Gasteiger partial charge is 0.475 e. The molecule has 2 rings (SSSR count). The van der Waals surface area contributed by atoms with Crippen molar-refractivity contribution in [1.82, 2.24) is 0 Å². The lowest BCUT2D eigenvalue weighted by atomic mass is 9.78. The second-order valence-corrected chi connectivity index (χ2v) is 4.09.